The van der Waals surface area contributed by atoms with Crippen LogP contribution < -0.4 is 10.6 Å². The molecule has 41 heavy (non-hydrogen) atoms. The van der Waals surface area contributed by atoms with Crippen molar-refractivity contribution in [2.75, 3.05) is 18.1 Å². The molecule has 0 aliphatic carbocycles. The zero-order valence-corrected chi connectivity index (χ0v) is 24.0. The quantitative estimate of drug-likeness (QED) is 0.300. The zero-order chi connectivity index (χ0) is 28.8. The van der Waals surface area contributed by atoms with Crippen molar-refractivity contribution in [2.45, 2.75) is 72.1 Å². The van der Waals surface area contributed by atoms with E-state index in [1.54, 1.807) is 18.3 Å². The summed E-state index contributed by atoms with van der Waals surface area (Å²) in [5, 5.41) is 0.437. The number of ether oxygens (including phenoxy) is 1. The molecule has 5 heterocycles. The summed E-state index contributed by atoms with van der Waals surface area (Å²) in [4.78, 5) is 29.9. The Morgan fingerprint density at radius 3 is 2.68 bits per heavy atom. The summed E-state index contributed by atoms with van der Waals surface area (Å²) in [5.41, 5.74) is 2.98. The Labute approximate surface area is 238 Å². The molecule has 7 nitrogen and oxygen atoms in total. The van der Waals surface area contributed by atoms with Crippen molar-refractivity contribution < 1.29 is 13.5 Å². The number of benzene rings is 1. The predicted molar refractivity (Wildman–Crippen MR) is 155 cm³/mol. The molecule has 2 atom stereocenters. The van der Waals surface area contributed by atoms with E-state index >= 15 is 8.78 Å². The number of pyridine rings is 2. The van der Waals surface area contributed by atoms with Crippen LogP contribution in [0.1, 0.15) is 68.8 Å². The third-order valence-electron chi connectivity index (χ3n) is 8.43. The molecule has 1 fully saturated rings. The number of anilines is 1. The minimum Gasteiger partial charge on any atom is -0.376 e. The van der Waals surface area contributed by atoms with Crippen molar-refractivity contribution >= 4 is 16.9 Å². The van der Waals surface area contributed by atoms with Crippen molar-refractivity contribution in [3.8, 4) is 11.3 Å². The first kappa shape index (κ1) is 27.4. The number of halogens is 2. The van der Waals surface area contributed by atoms with E-state index in [-0.39, 0.29) is 42.0 Å². The number of piperidine rings is 1. The van der Waals surface area contributed by atoms with Gasteiger partial charge in [-0.25, -0.2) is 18.6 Å². The summed E-state index contributed by atoms with van der Waals surface area (Å²) < 4.78 is 38.9. The van der Waals surface area contributed by atoms with Crippen molar-refractivity contribution in [1.82, 2.24) is 19.5 Å². The van der Waals surface area contributed by atoms with Gasteiger partial charge in [0.1, 0.15) is 28.8 Å². The standard InChI is InChI=1S/C32H35F2N5O2/c1-18(2)28-24-16-39-30-23(31(37-32(39)40)38-15-19(3)8-9-20(38)4)14-26(34)29(36-30)27-22(6-5-7-25(27)33)17-41-13-11-21(24)10-12-35-28/h5-7,10,12,14,18-20H,8-9,11,13,15-17H2,1-4H3/t19-,20-/m0/s1. The van der Waals surface area contributed by atoms with Crippen LogP contribution in [-0.2, 0) is 24.3 Å². The van der Waals surface area contributed by atoms with Gasteiger partial charge in [-0.3, -0.25) is 9.55 Å². The highest BCUT2D eigenvalue weighted by Gasteiger charge is 2.29. The molecule has 0 amide bonds. The minimum absolute atomic E-state index is 0.0468. The molecule has 0 radical (unpaired) electrons. The molecule has 9 heteroatoms. The maximum absolute atomic E-state index is 16.0. The number of hydrogen-bond donors (Lipinski definition) is 0. The molecule has 0 spiro atoms. The average molecular weight is 560 g/mol. The number of aromatic nitrogens is 4. The Hall–Kier alpha value is -3.72. The van der Waals surface area contributed by atoms with E-state index in [1.165, 1.54) is 16.7 Å². The second kappa shape index (κ2) is 10.9. The molecule has 0 saturated carbocycles. The van der Waals surface area contributed by atoms with Gasteiger partial charge in [-0.2, -0.15) is 4.98 Å². The topological polar surface area (TPSA) is 73.1 Å². The van der Waals surface area contributed by atoms with Crippen molar-refractivity contribution in [1.29, 1.82) is 0 Å². The summed E-state index contributed by atoms with van der Waals surface area (Å²) in [6.45, 7) is 9.72. The monoisotopic (exact) mass is 559 g/mol. The fourth-order valence-electron chi connectivity index (χ4n) is 6.21. The third-order valence-corrected chi connectivity index (χ3v) is 8.43. The van der Waals surface area contributed by atoms with E-state index in [0.717, 1.165) is 29.7 Å². The van der Waals surface area contributed by atoms with Gasteiger partial charge in [0.15, 0.2) is 0 Å². The number of fused-ring (bicyclic) bond motifs is 4. The normalized spacial score (nSPS) is 19.4. The lowest BCUT2D eigenvalue weighted by Crippen LogP contribution is -2.43. The molecule has 2 bridgehead atoms. The van der Waals surface area contributed by atoms with E-state index in [0.29, 0.717) is 42.3 Å². The van der Waals surface area contributed by atoms with E-state index in [1.807, 2.05) is 6.07 Å². The molecule has 2 aliphatic rings. The van der Waals surface area contributed by atoms with Gasteiger partial charge in [0.2, 0.25) is 0 Å². The Bertz CT molecular complexity index is 1690. The van der Waals surface area contributed by atoms with E-state index in [2.05, 4.69) is 42.6 Å². The highest BCUT2D eigenvalue weighted by molar-refractivity contribution is 5.89. The first-order valence-electron chi connectivity index (χ1n) is 14.4. The fraction of sp³-hybridized carbons (Fsp3) is 0.438. The second-order valence-electron chi connectivity index (χ2n) is 11.7. The van der Waals surface area contributed by atoms with Gasteiger partial charge < -0.3 is 9.64 Å². The fourth-order valence-corrected chi connectivity index (χ4v) is 6.21. The lowest BCUT2D eigenvalue weighted by atomic mass is 9.94. The van der Waals surface area contributed by atoms with E-state index in [9.17, 15) is 4.79 Å². The lowest BCUT2D eigenvalue weighted by molar-refractivity contribution is 0.124. The summed E-state index contributed by atoms with van der Waals surface area (Å²) in [7, 11) is 0. The largest absolute Gasteiger partial charge is 0.376 e. The van der Waals surface area contributed by atoms with Gasteiger partial charge in [-0.15, -0.1) is 0 Å². The van der Waals surface area contributed by atoms with Gasteiger partial charge >= 0.3 is 5.69 Å². The number of nitrogens with zero attached hydrogens (tertiary/aromatic N) is 5. The van der Waals surface area contributed by atoms with Gasteiger partial charge in [-0.1, -0.05) is 32.9 Å². The van der Waals surface area contributed by atoms with Gasteiger partial charge in [-0.05, 0) is 72.9 Å². The van der Waals surface area contributed by atoms with Crippen LogP contribution in [0.15, 0.2) is 41.3 Å². The van der Waals surface area contributed by atoms with Crippen molar-refractivity contribution in [3.05, 3.63) is 81.0 Å². The zero-order valence-electron chi connectivity index (χ0n) is 24.0. The highest BCUT2D eigenvalue weighted by Crippen LogP contribution is 2.35. The third kappa shape index (κ3) is 5.01. The maximum atomic E-state index is 16.0. The molecular formula is C32H35F2N5O2. The second-order valence-corrected chi connectivity index (χ2v) is 11.7. The smallest absolute Gasteiger partial charge is 0.351 e. The molecule has 214 valence electrons. The van der Waals surface area contributed by atoms with Crippen LogP contribution in [0.5, 0.6) is 0 Å². The average Bonchev–Trinajstić information content (AvgIpc) is 2.95. The predicted octanol–water partition coefficient (Wildman–Crippen LogP) is 6.00. The van der Waals surface area contributed by atoms with Crippen LogP contribution in [-0.4, -0.2) is 38.7 Å². The molecule has 0 unspecified atom stereocenters. The lowest BCUT2D eigenvalue weighted by Gasteiger charge is -2.38. The van der Waals surface area contributed by atoms with Gasteiger partial charge in [0, 0.05) is 30.0 Å². The number of rotatable bonds is 2. The Morgan fingerprint density at radius 2 is 1.88 bits per heavy atom. The van der Waals surface area contributed by atoms with Crippen LogP contribution in [0.3, 0.4) is 0 Å². The summed E-state index contributed by atoms with van der Waals surface area (Å²) in [6.07, 6.45) is 4.37. The first-order chi connectivity index (χ1) is 19.7. The SMILES string of the molecule is CC(C)c1nccc2c1Cn1c(=O)nc(N3C[C@@H](C)CC[C@@H]3C)c3cc(F)c(nc31)-c1c(F)cccc1COCC2. The first-order valence-corrected chi connectivity index (χ1v) is 14.4. The van der Waals surface area contributed by atoms with Crippen molar-refractivity contribution in [2.24, 2.45) is 5.92 Å². The molecule has 6 rings (SSSR count). The Morgan fingerprint density at radius 1 is 1.05 bits per heavy atom. The maximum Gasteiger partial charge on any atom is 0.351 e. The molecule has 1 aromatic carbocycles. The van der Waals surface area contributed by atoms with E-state index in [4.69, 9.17) is 9.72 Å². The number of hydrogen-bond acceptors (Lipinski definition) is 6. The van der Waals surface area contributed by atoms with Crippen LogP contribution >= 0.6 is 0 Å². The Kier molecular flexibility index (Phi) is 7.32. The summed E-state index contributed by atoms with van der Waals surface area (Å²) in [6, 6.07) is 8.04. The molecule has 3 aromatic heterocycles. The van der Waals surface area contributed by atoms with Gasteiger partial charge in [0.25, 0.3) is 0 Å². The van der Waals surface area contributed by atoms with Crippen molar-refractivity contribution in [3.63, 3.8) is 0 Å². The molecule has 1 saturated heterocycles. The minimum atomic E-state index is -0.672. The molecule has 0 N–H and O–H groups in total. The Balaban J connectivity index is 1.67. The molecule has 4 aromatic rings. The van der Waals surface area contributed by atoms with Crippen LogP contribution in [0.2, 0.25) is 0 Å². The highest BCUT2D eigenvalue weighted by atomic mass is 19.1. The summed E-state index contributed by atoms with van der Waals surface area (Å²) >= 11 is 0. The van der Waals surface area contributed by atoms with E-state index < -0.39 is 17.3 Å². The molecule has 2 aliphatic heterocycles. The van der Waals surface area contributed by atoms with Crippen LogP contribution in [0.4, 0.5) is 14.6 Å². The van der Waals surface area contributed by atoms with Gasteiger partial charge in [0.05, 0.1) is 25.1 Å². The van der Waals surface area contributed by atoms with Crippen LogP contribution in [0.25, 0.3) is 22.3 Å². The summed E-state index contributed by atoms with van der Waals surface area (Å²) in [5.74, 6) is -0.338. The van der Waals surface area contributed by atoms with Crippen LogP contribution in [0, 0.1) is 17.6 Å². The molecular weight excluding hydrogens is 524 g/mol.